The molecule has 2 aliphatic heterocycles. The lowest BCUT2D eigenvalue weighted by molar-refractivity contribution is -0.146. The Morgan fingerprint density at radius 2 is 1.89 bits per heavy atom. The summed E-state index contributed by atoms with van der Waals surface area (Å²) in [5, 5.41) is 0. The first-order chi connectivity index (χ1) is 13.1. The first-order valence-corrected chi connectivity index (χ1v) is 9.34. The number of carbonyl (C=O) groups is 1. The summed E-state index contributed by atoms with van der Waals surface area (Å²) in [4.78, 5) is 20.8. The molecular weight excluding hydrogens is 342 g/mol. The molecule has 2 fully saturated rings. The van der Waals surface area contributed by atoms with Crippen LogP contribution in [-0.2, 0) is 20.8 Å². The van der Waals surface area contributed by atoms with Crippen LogP contribution in [0.4, 0.5) is 5.69 Å². The Balaban J connectivity index is 1.53. The topological polar surface area (TPSA) is 54.9 Å². The van der Waals surface area contributed by atoms with Crippen LogP contribution in [0.25, 0.3) is 0 Å². The van der Waals surface area contributed by atoms with Gasteiger partial charge < -0.3 is 14.4 Å². The maximum Gasteiger partial charge on any atom is 0.253 e. The largest absolute Gasteiger partial charge is 0.377 e. The van der Waals surface area contributed by atoms with Crippen molar-refractivity contribution in [1.82, 2.24) is 9.88 Å². The van der Waals surface area contributed by atoms with Gasteiger partial charge in [0.2, 0.25) is 0 Å². The number of amides is 1. The molecule has 1 amide bonds. The highest BCUT2D eigenvalue weighted by atomic mass is 16.6. The van der Waals surface area contributed by atoms with Crippen molar-refractivity contribution in [1.29, 1.82) is 0 Å². The number of hydrogen-bond donors (Lipinski definition) is 0. The predicted octanol–water partition coefficient (Wildman–Crippen LogP) is 2.02. The number of aromatic nitrogens is 1. The van der Waals surface area contributed by atoms with Crippen molar-refractivity contribution in [3.63, 3.8) is 0 Å². The number of hydrogen-bond acceptors (Lipinski definition) is 5. The normalized spacial score (nSPS) is 24.2. The van der Waals surface area contributed by atoms with Crippen LogP contribution in [0.1, 0.15) is 11.1 Å². The molecule has 1 atom stereocenters. The van der Waals surface area contributed by atoms with Gasteiger partial charge in [0, 0.05) is 37.7 Å². The molecule has 0 radical (unpaired) electrons. The molecule has 0 unspecified atom stereocenters. The van der Waals surface area contributed by atoms with Crippen LogP contribution in [-0.4, -0.2) is 60.8 Å². The summed E-state index contributed by atoms with van der Waals surface area (Å²) in [6.45, 7) is 6.17. The fraction of sp³-hybridized carbons (Fsp3) is 0.429. The van der Waals surface area contributed by atoms with Crippen LogP contribution in [0.15, 0.2) is 48.8 Å². The second-order valence-electron chi connectivity index (χ2n) is 7.41. The van der Waals surface area contributed by atoms with Crippen LogP contribution >= 0.6 is 0 Å². The third-order valence-corrected chi connectivity index (χ3v) is 5.18. The number of aryl methyl sites for hydroxylation is 1. The highest BCUT2D eigenvalue weighted by molar-refractivity contribution is 5.95. The Hall–Kier alpha value is -2.28. The summed E-state index contributed by atoms with van der Waals surface area (Å²) in [7, 11) is 0. The molecule has 27 heavy (non-hydrogen) atoms. The molecule has 4 rings (SSSR count). The van der Waals surface area contributed by atoms with Crippen LogP contribution < -0.4 is 4.90 Å². The third kappa shape index (κ3) is 4.18. The van der Waals surface area contributed by atoms with Crippen molar-refractivity contribution in [2.24, 2.45) is 0 Å². The average molecular weight is 367 g/mol. The molecule has 2 saturated heterocycles. The molecule has 2 aromatic rings. The molecule has 142 valence electrons. The molecule has 1 aromatic carbocycles. The number of carbonyl (C=O) groups excluding carboxylic acids is 1. The van der Waals surface area contributed by atoms with E-state index in [4.69, 9.17) is 9.47 Å². The summed E-state index contributed by atoms with van der Waals surface area (Å²) in [5.41, 5.74) is 2.79. The van der Waals surface area contributed by atoms with Crippen LogP contribution in [0, 0.1) is 6.92 Å². The highest BCUT2D eigenvalue weighted by Crippen LogP contribution is 2.28. The van der Waals surface area contributed by atoms with Crippen molar-refractivity contribution < 1.29 is 14.3 Å². The molecule has 0 N–H and O–H groups in total. The zero-order valence-electron chi connectivity index (χ0n) is 15.6. The van der Waals surface area contributed by atoms with E-state index >= 15 is 0 Å². The maximum absolute atomic E-state index is 12.5. The summed E-state index contributed by atoms with van der Waals surface area (Å²) in [6, 6.07) is 12.1. The van der Waals surface area contributed by atoms with E-state index in [1.54, 1.807) is 0 Å². The van der Waals surface area contributed by atoms with Gasteiger partial charge in [-0.3, -0.25) is 14.7 Å². The molecule has 6 heteroatoms. The second kappa shape index (κ2) is 7.76. The Morgan fingerprint density at radius 1 is 1.11 bits per heavy atom. The molecule has 0 bridgehead atoms. The fourth-order valence-corrected chi connectivity index (χ4v) is 3.72. The Bertz CT molecular complexity index is 781. The van der Waals surface area contributed by atoms with Gasteiger partial charge in [-0.1, -0.05) is 17.7 Å². The number of anilines is 1. The van der Waals surface area contributed by atoms with Gasteiger partial charge in [0.15, 0.2) is 0 Å². The molecule has 6 nitrogen and oxygen atoms in total. The van der Waals surface area contributed by atoms with Crippen molar-refractivity contribution in [2.75, 3.05) is 44.4 Å². The first kappa shape index (κ1) is 18.1. The van der Waals surface area contributed by atoms with Crippen LogP contribution in [0.3, 0.4) is 0 Å². The van der Waals surface area contributed by atoms with Gasteiger partial charge in [-0.15, -0.1) is 0 Å². The van der Waals surface area contributed by atoms with E-state index in [0.29, 0.717) is 19.8 Å². The van der Waals surface area contributed by atoms with E-state index in [9.17, 15) is 4.79 Å². The van der Waals surface area contributed by atoms with Gasteiger partial charge in [0.1, 0.15) is 12.2 Å². The number of rotatable bonds is 3. The van der Waals surface area contributed by atoms with Gasteiger partial charge >= 0.3 is 0 Å². The smallest absolute Gasteiger partial charge is 0.253 e. The quantitative estimate of drug-likeness (QED) is 0.831. The second-order valence-corrected chi connectivity index (χ2v) is 7.41. The lowest BCUT2D eigenvalue weighted by Crippen LogP contribution is -2.60. The van der Waals surface area contributed by atoms with Gasteiger partial charge in [-0.2, -0.15) is 0 Å². The number of benzene rings is 1. The van der Waals surface area contributed by atoms with E-state index in [2.05, 4.69) is 9.88 Å². The number of morpholine rings is 1. The first-order valence-electron chi connectivity index (χ1n) is 9.34. The maximum atomic E-state index is 12.5. The minimum atomic E-state index is -0.512. The van der Waals surface area contributed by atoms with Crippen molar-refractivity contribution >= 4 is 11.6 Å². The number of ether oxygens (including phenoxy) is 2. The number of nitrogens with zero attached hydrogens (tertiary/aromatic N) is 3. The highest BCUT2D eigenvalue weighted by Gasteiger charge is 2.43. The van der Waals surface area contributed by atoms with E-state index in [1.165, 1.54) is 11.1 Å². The zero-order chi connectivity index (χ0) is 18.7. The lowest BCUT2D eigenvalue weighted by atomic mass is 10.0. The Labute approximate surface area is 159 Å². The average Bonchev–Trinajstić information content (AvgIpc) is 2.88. The fourth-order valence-electron chi connectivity index (χ4n) is 3.72. The Morgan fingerprint density at radius 3 is 2.67 bits per heavy atom. The van der Waals surface area contributed by atoms with Crippen LogP contribution in [0.2, 0.25) is 0 Å². The summed E-state index contributed by atoms with van der Waals surface area (Å²) in [6.07, 6.45) is 3.63. The van der Waals surface area contributed by atoms with E-state index in [0.717, 1.165) is 25.3 Å². The molecule has 1 aromatic heterocycles. The molecule has 0 aliphatic carbocycles. The van der Waals surface area contributed by atoms with Crippen molar-refractivity contribution in [3.8, 4) is 0 Å². The number of pyridine rings is 1. The molecular formula is C21H25N3O3. The predicted molar refractivity (Wildman–Crippen MR) is 103 cm³/mol. The van der Waals surface area contributed by atoms with Crippen molar-refractivity contribution in [3.05, 3.63) is 59.9 Å². The van der Waals surface area contributed by atoms with E-state index in [-0.39, 0.29) is 12.5 Å². The summed E-state index contributed by atoms with van der Waals surface area (Å²) < 4.78 is 11.9. The summed E-state index contributed by atoms with van der Waals surface area (Å²) in [5.74, 6) is -0.00518. The SMILES string of the molecule is Cc1ccc(N2C[C@@]3(COCCN(Cc4ccncc4)C3)OCC2=O)cc1. The van der Waals surface area contributed by atoms with Crippen LogP contribution in [0.5, 0.6) is 0 Å². The monoisotopic (exact) mass is 367 g/mol. The molecule has 1 spiro atoms. The Kier molecular flexibility index (Phi) is 5.20. The van der Waals surface area contributed by atoms with E-state index < -0.39 is 5.60 Å². The van der Waals surface area contributed by atoms with Gasteiger partial charge in [-0.25, -0.2) is 0 Å². The molecule has 2 aliphatic rings. The van der Waals surface area contributed by atoms with Gasteiger partial charge in [0.05, 0.1) is 19.8 Å². The zero-order valence-corrected chi connectivity index (χ0v) is 15.6. The molecule has 0 saturated carbocycles. The minimum absolute atomic E-state index is 0.00518. The standard InChI is InChI=1S/C21H25N3O3/c1-17-2-4-19(5-3-17)24-15-21(27-13-20(24)25)14-23(10-11-26-16-21)12-18-6-8-22-9-7-18/h2-9H,10-16H2,1H3/t21-/m0/s1. The van der Waals surface area contributed by atoms with Gasteiger partial charge in [0.25, 0.3) is 5.91 Å². The van der Waals surface area contributed by atoms with Crippen molar-refractivity contribution in [2.45, 2.75) is 19.1 Å². The molecule has 3 heterocycles. The van der Waals surface area contributed by atoms with E-state index in [1.807, 2.05) is 60.6 Å². The lowest BCUT2D eigenvalue weighted by Gasteiger charge is -2.43. The van der Waals surface area contributed by atoms with Gasteiger partial charge in [-0.05, 0) is 36.8 Å². The minimum Gasteiger partial charge on any atom is -0.377 e. The third-order valence-electron chi connectivity index (χ3n) is 5.18. The summed E-state index contributed by atoms with van der Waals surface area (Å²) >= 11 is 0.